The van der Waals surface area contributed by atoms with Crippen molar-refractivity contribution in [2.45, 2.75) is 18.9 Å². The zero-order valence-corrected chi connectivity index (χ0v) is 21.2. The van der Waals surface area contributed by atoms with Gasteiger partial charge in [0.15, 0.2) is 0 Å². The minimum absolute atomic E-state index is 0. The molecule has 0 saturated carbocycles. The summed E-state index contributed by atoms with van der Waals surface area (Å²) in [6, 6.07) is 17.5. The second kappa shape index (κ2) is 14.6. The number of nitrogens with one attached hydrogen (secondary N) is 1. The smallest absolute Gasteiger partial charge is 0.250 e. The molecule has 0 bridgehead atoms. The number of rotatable bonds is 9. The molecule has 4 aromatic rings. The van der Waals surface area contributed by atoms with Crippen LogP contribution in [0.5, 0.6) is 5.75 Å². The van der Waals surface area contributed by atoms with Gasteiger partial charge >= 0.3 is 0 Å². The summed E-state index contributed by atoms with van der Waals surface area (Å²) in [4.78, 5) is 20.2. The molecule has 0 amide bonds. The van der Waals surface area contributed by atoms with Crippen LogP contribution in [0.1, 0.15) is 23.6 Å². The highest BCUT2D eigenvalue weighted by Gasteiger charge is 2.11. The molecular weight excluding hydrogens is 495 g/mol. The zero-order valence-electron chi connectivity index (χ0n) is 18.8. The molecule has 0 radical (unpaired) electrons. The minimum Gasteiger partial charge on any atom is -0.492 e. The quantitative estimate of drug-likeness (QED) is 0.315. The van der Waals surface area contributed by atoms with E-state index in [1.54, 1.807) is 30.1 Å². The molecule has 182 valence electrons. The maximum Gasteiger partial charge on any atom is 0.250 e. The Balaban J connectivity index is 0.00000193. The van der Waals surface area contributed by atoms with Crippen molar-refractivity contribution in [2.75, 3.05) is 13.2 Å². The number of hydrogen-bond donors (Lipinski definition) is 1. The van der Waals surface area contributed by atoms with E-state index in [4.69, 9.17) is 4.74 Å². The third-order valence-corrected chi connectivity index (χ3v) is 5.39. The van der Waals surface area contributed by atoms with Crippen LogP contribution in [0.25, 0.3) is 10.9 Å². The van der Waals surface area contributed by atoms with Gasteiger partial charge in [-0.25, -0.2) is 0 Å². The molecule has 3 heterocycles. The normalized spacial score (nSPS) is 11.0. The van der Waals surface area contributed by atoms with E-state index in [9.17, 15) is 4.79 Å². The Morgan fingerprint density at radius 1 is 0.971 bits per heavy atom. The molecule has 0 aliphatic heterocycles. The standard InChI is InChI=1S/C25H26N4O2.3ClH/c1-29-24-10-8-22(16-20(24)7-11-25(29)30)31-15-14-28-23(21-5-3-13-27-18-21)9-6-19-4-2-12-26-17-19;;;/h2-5,7-8,10-13,16-18,23,28H,6,9,14-15H2,1H3;3*1H. The number of halogens is 3. The third kappa shape index (κ3) is 7.71. The summed E-state index contributed by atoms with van der Waals surface area (Å²) < 4.78 is 7.60. The van der Waals surface area contributed by atoms with Gasteiger partial charge in [0.25, 0.3) is 5.56 Å². The van der Waals surface area contributed by atoms with Crippen LogP contribution in [-0.2, 0) is 13.5 Å². The van der Waals surface area contributed by atoms with E-state index in [0.717, 1.165) is 35.1 Å². The summed E-state index contributed by atoms with van der Waals surface area (Å²) in [6.07, 6.45) is 9.30. The number of aryl methyl sites for hydroxylation is 2. The van der Waals surface area contributed by atoms with E-state index >= 15 is 0 Å². The zero-order chi connectivity index (χ0) is 21.5. The van der Waals surface area contributed by atoms with Gasteiger partial charge in [0.05, 0.1) is 5.52 Å². The lowest BCUT2D eigenvalue weighted by Crippen LogP contribution is -2.27. The first kappa shape index (κ1) is 29.4. The maximum absolute atomic E-state index is 11.8. The fraction of sp³-hybridized carbons (Fsp3) is 0.240. The van der Waals surface area contributed by atoms with Gasteiger partial charge in [0, 0.05) is 55.9 Å². The average molecular weight is 524 g/mol. The van der Waals surface area contributed by atoms with Gasteiger partial charge in [-0.2, -0.15) is 0 Å². The lowest BCUT2D eigenvalue weighted by molar-refractivity contribution is 0.303. The first-order chi connectivity index (χ1) is 15.2. The third-order valence-electron chi connectivity index (χ3n) is 5.39. The number of aromatic nitrogens is 3. The molecule has 0 fully saturated rings. The van der Waals surface area contributed by atoms with Crippen molar-refractivity contribution >= 4 is 48.1 Å². The summed E-state index contributed by atoms with van der Waals surface area (Å²) in [7, 11) is 1.78. The van der Waals surface area contributed by atoms with E-state index in [1.165, 1.54) is 5.56 Å². The Bertz CT molecular complexity index is 1190. The molecule has 0 spiro atoms. The van der Waals surface area contributed by atoms with Crippen LogP contribution in [0.15, 0.2) is 84.2 Å². The highest BCUT2D eigenvalue weighted by atomic mass is 35.5. The molecule has 9 heteroatoms. The Labute approximate surface area is 218 Å². The molecule has 1 unspecified atom stereocenters. The van der Waals surface area contributed by atoms with Crippen LogP contribution in [0.3, 0.4) is 0 Å². The van der Waals surface area contributed by atoms with Gasteiger partial charge in [-0.3, -0.25) is 14.8 Å². The molecular formula is C25H29Cl3N4O2. The molecule has 0 aliphatic carbocycles. The van der Waals surface area contributed by atoms with Gasteiger partial charge in [-0.15, -0.1) is 37.2 Å². The van der Waals surface area contributed by atoms with Gasteiger partial charge in [0.1, 0.15) is 12.4 Å². The first-order valence-electron chi connectivity index (χ1n) is 10.5. The molecule has 1 atom stereocenters. The van der Waals surface area contributed by atoms with Gasteiger partial charge in [-0.1, -0.05) is 12.1 Å². The fourth-order valence-corrected chi connectivity index (χ4v) is 3.68. The SMILES string of the molecule is Cl.Cl.Cl.Cn1c(=O)ccc2cc(OCCNC(CCc3cccnc3)c3cccnc3)ccc21. The Morgan fingerprint density at radius 2 is 1.74 bits per heavy atom. The van der Waals surface area contributed by atoms with Crippen molar-refractivity contribution in [2.24, 2.45) is 7.05 Å². The summed E-state index contributed by atoms with van der Waals surface area (Å²) in [5, 5.41) is 4.58. The first-order valence-corrected chi connectivity index (χ1v) is 10.5. The number of pyridine rings is 3. The highest BCUT2D eigenvalue weighted by molar-refractivity contribution is 5.86. The lowest BCUT2D eigenvalue weighted by Gasteiger charge is -2.19. The highest BCUT2D eigenvalue weighted by Crippen LogP contribution is 2.20. The number of nitrogens with zero attached hydrogens (tertiary/aromatic N) is 3. The molecule has 6 nitrogen and oxygen atoms in total. The summed E-state index contributed by atoms with van der Waals surface area (Å²) in [6.45, 7) is 1.25. The predicted molar refractivity (Wildman–Crippen MR) is 144 cm³/mol. The largest absolute Gasteiger partial charge is 0.492 e. The molecule has 0 aliphatic rings. The van der Waals surface area contributed by atoms with Crippen LogP contribution < -0.4 is 15.6 Å². The molecule has 0 saturated heterocycles. The van der Waals surface area contributed by atoms with E-state index in [-0.39, 0.29) is 48.8 Å². The second-order valence-electron chi connectivity index (χ2n) is 7.49. The minimum atomic E-state index is -0.0157. The fourth-order valence-electron chi connectivity index (χ4n) is 3.68. The summed E-state index contributed by atoms with van der Waals surface area (Å²) >= 11 is 0. The van der Waals surface area contributed by atoms with Crippen LogP contribution >= 0.6 is 37.2 Å². The number of ether oxygens (including phenoxy) is 1. The maximum atomic E-state index is 11.8. The molecule has 4 rings (SSSR count). The van der Waals surface area contributed by atoms with Crippen molar-refractivity contribution < 1.29 is 4.74 Å². The van der Waals surface area contributed by atoms with Crippen LogP contribution in [-0.4, -0.2) is 27.7 Å². The monoisotopic (exact) mass is 522 g/mol. The van der Waals surface area contributed by atoms with Gasteiger partial charge < -0.3 is 14.6 Å². The van der Waals surface area contributed by atoms with Crippen molar-refractivity contribution in [3.8, 4) is 5.75 Å². The number of benzene rings is 1. The Morgan fingerprint density at radius 3 is 2.44 bits per heavy atom. The Hall–Kier alpha value is -2.64. The van der Waals surface area contributed by atoms with E-state index in [0.29, 0.717) is 13.2 Å². The van der Waals surface area contributed by atoms with Crippen molar-refractivity contribution in [1.82, 2.24) is 19.9 Å². The van der Waals surface area contributed by atoms with Crippen molar-refractivity contribution in [3.63, 3.8) is 0 Å². The molecule has 1 N–H and O–H groups in total. The van der Waals surface area contributed by atoms with E-state index in [1.807, 2.05) is 48.8 Å². The number of hydrogen-bond acceptors (Lipinski definition) is 5. The summed E-state index contributed by atoms with van der Waals surface area (Å²) in [5.41, 5.74) is 3.26. The van der Waals surface area contributed by atoms with Crippen molar-refractivity contribution in [3.05, 3.63) is 101 Å². The van der Waals surface area contributed by atoms with Crippen LogP contribution in [0, 0.1) is 0 Å². The molecule has 3 aromatic heterocycles. The van der Waals surface area contributed by atoms with Gasteiger partial charge in [0.2, 0.25) is 0 Å². The van der Waals surface area contributed by atoms with E-state index < -0.39 is 0 Å². The lowest BCUT2D eigenvalue weighted by atomic mass is 10.0. The van der Waals surface area contributed by atoms with Crippen molar-refractivity contribution in [1.29, 1.82) is 0 Å². The van der Waals surface area contributed by atoms with E-state index in [2.05, 4.69) is 27.4 Å². The average Bonchev–Trinajstić information content (AvgIpc) is 2.82. The second-order valence-corrected chi connectivity index (χ2v) is 7.49. The summed E-state index contributed by atoms with van der Waals surface area (Å²) in [5.74, 6) is 0.793. The predicted octanol–water partition coefficient (Wildman–Crippen LogP) is 4.94. The molecule has 34 heavy (non-hydrogen) atoms. The molecule has 1 aromatic carbocycles. The Kier molecular flexibility index (Phi) is 12.6. The van der Waals surface area contributed by atoms with Crippen LogP contribution in [0.2, 0.25) is 0 Å². The number of fused-ring (bicyclic) bond motifs is 1. The topological polar surface area (TPSA) is 69.0 Å². The van der Waals surface area contributed by atoms with Gasteiger partial charge in [-0.05, 0) is 60.4 Å². The van der Waals surface area contributed by atoms with Crippen LogP contribution in [0.4, 0.5) is 0 Å².